The van der Waals surface area contributed by atoms with Crippen LogP contribution in [0, 0.1) is 11.6 Å². The minimum Gasteiger partial charge on any atom is -0.351 e. The molecule has 0 saturated carbocycles. The number of halogens is 2. The number of hydrogen-bond acceptors (Lipinski definition) is 3. The molecule has 3 rings (SSSR count). The summed E-state index contributed by atoms with van der Waals surface area (Å²) in [4.78, 5) is 12.0. The third-order valence-corrected chi connectivity index (χ3v) is 3.81. The molecule has 0 aliphatic heterocycles. The summed E-state index contributed by atoms with van der Waals surface area (Å²) in [7, 11) is 1.85. The number of hydrogen-bond donors (Lipinski definition) is 1. The van der Waals surface area contributed by atoms with Crippen LogP contribution >= 0.6 is 0 Å². The van der Waals surface area contributed by atoms with Gasteiger partial charge in [0.15, 0.2) is 5.82 Å². The molecule has 1 N–H and O–H groups in total. The van der Waals surface area contributed by atoms with E-state index in [9.17, 15) is 13.6 Å². The fourth-order valence-corrected chi connectivity index (χ4v) is 2.47. The molecule has 128 valence electrons. The van der Waals surface area contributed by atoms with Crippen molar-refractivity contribution in [3.8, 4) is 11.4 Å². The second kappa shape index (κ2) is 7.21. The van der Waals surface area contributed by atoms with E-state index < -0.39 is 17.5 Å². The molecule has 1 amide bonds. The van der Waals surface area contributed by atoms with E-state index in [0.717, 1.165) is 23.5 Å². The van der Waals surface area contributed by atoms with Crippen molar-refractivity contribution in [2.75, 3.05) is 6.54 Å². The number of amides is 1. The molecule has 2 aromatic carbocycles. The van der Waals surface area contributed by atoms with Crippen molar-refractivity contribution in [2.45, 2.75) is 6.42 Å². The topological polar surface area (TPSA) is 59.8 Å². The minimum atomic E-state index is -0.887. The van der Waals surface area contributed by atoms with Crippen LogP contribution in [0.3, 0.4) is 0 Å². The summed E-state index contributed by atoms with van der Waals surface area (Å²) in [6.45, 7) is 0.260. The molecule has 0 radical (unpaired) electrons. The first-order valence-electron chi connectivity index (χ1n) is 7.73. The monoisotopic (exact) mass is 342 g/mol. The third-order valence-electron chi connectivity index (χ3n) is 3.81. The van der Waals surface area contributed by atoms with Crippen LogP contribution in [0.15, 0.2) is 48.5 Å². The first-order chi connectivity index (χ1) is 12.1. The summed E-state index contributed by atoms with van der Waals surface area (Å²) in [5.41, 5.74) is 0.755. The SMILES string of the molecule is Cn1c(CCNC(=O)c2ccc(F)cc2F)nnc1-c1ccccc1. The number of nitrogens with one attached hydrogen (secondary N) is 1. The number of carbonyl (C=O) groups is 1. The summed E-state index contributed by atoms with van der Waals surface area (Å²) in [5.74, 6) is -0.780. The minimum absolute atomic E-state index is 0.190. The molecular formula is C18H16F2N4O. The van der Waals surface area contributed by atoms with Gasteiger partial charge in [-0.3, -0.25) is 4.79 Å². The Balaban J connectivity index is 1.63. The molecule has 0 atom stereocenters. The molecule has 25 heavy (non-hydrogen) atoms. The molecule has 1 heterocycles. The maximum Gasteiger partial charge on any atom is 0.254 e. The lowest BCUT2D eigenvalue weighted by Gasteiger charge is -2.07. The van der Waals surface area contributed by atoms with Gasteiger partial charge < -0.3 is 9.88 Å². The van der Waals surface area contributed by atoms with Crippen molar-refractivity contribution >= 4 is 5.91 Å². The van der Waals surface area contributed by atoms with E-state index in [1.807, 2.05) is 41.9 Å². The van der Waals surface area contributed by atoms with Crippen molar-refractivity contribution in [1.82, 2.24) is 20.1 Å². The average molecular weight is 342 g/mol. The van der Waals surface area contributed by atoms with Crippen molar-refractivity contribution < 1.29 is 13.6 Å². The first-order valence-corrected chi connectivity index (χ1v) is 7.73. The summed E-state index contributed by atoms with van der Waals surface area (Å²) in [6.07, 6.45) is 0.435. The molecule has 0 fully saturated rings. The van der Waals surface area contributed by atoms with E-state index in [2.05, 4.69) is 15.5 Å². The van der Waals surface area contributed by atoms with E-state index in [1.54, 1.807) is 0 Å². The number of benzene rings is 2. The second-order valence-corrected chi connectivity index (χ2v) is 5.49. The molecule has 0 aliphatic carbocycles. The zero-order valence-corrected chi connectivity index (χ0v) is 13.5. The standard InChI is InChI=1S/C18H16F2N4O/c1-24-16(22-23-17(24)12-5-3-2-4-6-12)9-10-21-18(25)14-8-7-13(19)11-15(14)20/h2-8,11H,9-10H2,1H3,(H,21,25). The molecule has 0 unspecified atom stereocenters. The van der Waals surface area contributed by atoms with E-state index in [4.69, 9.17) is 0 Å². The van der Waals surface area contributed by atoms with E-state index in [-0.39, 0.29) is 12.1 Å². The number of aromatic nitrogens is 3. The van der Waals surface area contributed by atoms with Gasteiger partial charge in [-0.1, -0.05) is 30.3 Å². The molecule has 5 nitrogen and oxygen atoms in total. The Labute approximate surface area is 143 Å². The van der Waals surface area contributed by atoms with Gasteiger partial charge in [0.2, 0.25) is 0 Å². The third kappa shape index (κ3) is 3.71. The summed E-state index contributed by atoms with van der Waals surface area (Å²) < 4.78 is 28.3. The Morgan fingerprint density at radius 2 is 1.88 bits per heavy atom. The highest BCUT2D eigenvalue weighted by atomic mass is 19.1. The van der Waals surface area contributed by atoms with Gasteiger partial charge in [0.1, 0.15) is 17.5 Å². The Kier molecular flexibility index (Phi) is 4.83. The predicted molar refractivity (Wildman–Crippen MR) is 88.8 cm³/mol. The first kappa shape index (κ1) is 16.8. The van der Waals surface area contributed by atoms with Gasteiger partial charge >= 0.3 is 0 Å². The summed E-state index contributed by atoms with van der Waals surface area (Å²) in [5, 5.41) is 10.9. The molecule has 3 aromatic rings. The quantitative estimate of drug-likeness (QED) is 0.776. The van der Waals surface area contributed by atoms with Crippen LogP contribution in [0.2, 0.25) is 0 Å². The number of carbonyl (C=O) groups excluding carboxylic acids is 1. The lowest BCUT2D eigenvalue weighted by molar-refractivity contribution is 0.0950. The van der Waals surface area contributed by atoms with Gasteiger partial charge in [-0.25, -0.2) is 8.78 Å². The lowest BCUT2D eigenvalue weighted by Crippen LogP contribution is -2.27. The Bertz CT molecular complexity index is 893. The van der Waals surface area contributed by atoms with Crippen LogP contribution in [0.5, 0.6) is 0 Å². The van der Waals surface area contributed by atoms with Gasteiger partial charge in [-0.2, -0.15) is 0 Å². The van der Waals surface area contributed by atoms with Crippen LogP contribution in [-0.4, -0.2) is 27.2 Å². The van der Waals surface area contributed by atoms with Gasteiger partial charge in [-0.15, -0.1) is 10.2 Å². The fraction of sp³-hybridized carbons (Fsp3) is 0.167. The highest BCUT2D eigenvalue weighted by molar-refractivity contribution is 5.94. The second-order valence-electron chi connectivity index (χ2n) is 5.49. The summed E-state index contributed by atoms with van der Waals surface area (Å²) >= 11 is 0. The van der Waals surface area contributed by atoms with Crippen LogP contribution in [-0.2, 0) is 13.5 Å². The maximum absolute atomic E-state index is 13.6. The van der Waals surface area contributed by atoms with Crippen LogP contribution < -0.4 is 5.32 Å². The number of nitrogens with zero attached hydrogens (tertiary/aromatic N) is 3. The van der Waals surface area contributed by atoms with Crippen LogP contribution in [0.1, 0.15) is 16.2 Å². The lowest BCUT2D eigenvalue weighted by atomic mass is 10.2. The maximum atomic E-state index is 13.6. The largest absolute Gasteiger partial charge is 0.351 e. The Hall–Kier alpha value is -3.09. The van der Waals surface area contributed by atoms with Crippen molar-refractivity contribution in [3.05, 3.63) is 71.6 Å². The fourth-order valence-electron chi connectivity index (χ4n) is 2.47. The molecule has 0 spiro atoms. The highest BCUT2D eigenvalue weighted by Crippen LogP contribution is 2.16. The molecule has 0 aliphatic rings. The number of rotatable bonds is 5. The van der Waals surface area contributed by atoms with E-state index in [0.29, 0.717) is 18.3 Å². The zero-order valence-electron chi connectivity index (χ0n) is 13.5. The van der Waals surface area contributed by atoms with Crippen LogP contribution in [0.25, 0.3) is 11.4 Å². The smallest absolute Gasteiger partial charge is 0.254 e. The Morgan fingerprint density at radius 1 is 1.12 bits per heavy atom. The van der Waals surface area contributed by atoms with Crippen LogP contribution in [0.4, 0.5) is 8.78 Å². The molecular weight excluding hydrogens is 326 g/mol. The van der Waals surface area contributed by atoms with Gasteiger partial charge in [0.25, 0.3) is 5.91 Å². The van der Waals surface area contributed by atoms with Gasteiger partial charge in [0, 0.05) is 31.6 Å². The molecule has 0 saturated heterocycles. The highest BCUT2D eigenvalue weighted by Gasteiger charge is 2.14. The van der Waals surface area contributed by atoms with Crippen molar-refractivity contribution in [3.63, 3.8) is 0 Å². The van der Waals surface area contributed by atoms with E-state index in [1.165, 1.54) is 0 Å². The van der Waals surface area contributed by atoms with Crippen molar-refractivity contribution in [2.24, 2.45) is 7.05 Å². The molecule has 1 aromatic heterocycles. The predicted octanol–water partition coefficient (Wildman–Crippen LogP) is 2.73. The van der Waals surface area contributed by atoms with Gasteiger partial charge in [-0.05, 0) is 12.1 Å². The summed E-state index contributed by atoms with van der Waals surface area (Å²) in [6, 6.07) is 12.5. The zero-order chi connectivity index (χ0) is 17.8. The molecule has 7 heteroatoms. The van der Waals surface area contributed by atoms with E-state index >= 15 is 0 Å². The normalized spacial score (nSPS) is 10.7. The van der Waals surface area contributed by atoms with Crippen molar-refractivity contribution in [1.29, 1.82) is 0 Å². The molecule has 0 bridgehead atoms. The average Bonchev–Trinajstić information content (AvgIpc) is 2.96. The Morgan fingerprint density at radius 3 is 2.60 bits per heavy atom. The van der Waals surface area contributed by atoms with Gasteiger partial charge in [0.05, 0.1) is 5.56 Å².